The number of anilines is 2. The van der Waals surface area contributed by atoms with Crippen LogP contribution in [0.3, 0.4) is 0 Å². The summed E-state index contributed by atoms with van der Waals surface area (Å²) < 4.78 is 27.1. The number of amides is 1. The Morgan fingerprint density at radius 1 is 1.07 bits per heavy atom. The molecule has 3 N–H and O–H groups in total. The summed E-state index contributed by atoms with van der Waals surface area (Å²) in [4.78, 5) is 12.7. The third-order valence-electron chi connectivity index (χ3n) is 4.56. The Hall–Kier alpha value is -2.09. The number of hydrogen-bond donors (Lipinski definition) is 2. The molecular weight excluding hydrogens is 386 g/mol. The molecule has 2 aromatic rings. The highest BCUT2D eigenvalue weighted by Crippen LogP contribution is 2.23. The minimum atomic E-state index is -3.57. The number of halogens is 1. The molecule has 0 atom stereocenters. The topological polar surface area (TPSA) is 92.5 Å². The Kier molecular flexibility index (Phi) is 6.86. The summed E-state index contributed by atoms with van der Waals surface area (Å²) in [6.07, 6.45) is 2.79. The molecule has 3 rings (SSSR count). The molecule has 1 heterocycles. The fraction of sp³-hybridized carbons (Fsp3) is 0.316. The lowest BCUT2D eigenvalue weighted by Gasteiger charge is -2.26. The lowest BCUT2D eigenvalue weighted by atomic mass is 10.1. The molecule has 1 aliphatic rings. The Morgan fingerprint density at radius 3 is 2.48 bits per heavy atom. The second kappa shape index (κ2) is 8.73. The Bertz CT molecular complexity index is 926. The van der Waals surface area contributed by atoms with Crippen LogP contribution in [0.2, 0.25) is 0 Å². The number of hydrogen-bond acceptors (Lipinski definition) is 4. The van der Waals surface area contributed by atoms with Gasteiger partial charge in [-0.3, -0.25) is 4.79 Å². The van der Waals surface area contributed by atoms with Gasteiger partial charge in [0.2, 0.25) is 10.0 Å². The van der Waals surface area contributed by atoms with Gasteiger partial charge in [-0.15, -0.1) is 12.4 Å². The van der Waals surface area contributed by atoms with Crippen LogP contribution in [0.4, 0.5) is 11.4 Å². The first kappa shape index (κ1) is 21.2. The van der Waals surface area contributed by atoms with Crippen molar-refractivity contribution in [3.05, 3.63) is 53.6 Å². The molecular formula is C19H24ClN3O3S. The van der Waals surface area contributed by atoms with E-state index in [1.165, 1.54) is 16.4 Å². The first-order valence-corrected chi connectivity index (χ1v) is 10.1. The second-order valence-electron chi connectivity index (χ2n) is 6.52. The van der Waals surface area contributed by atoms with Gasteiger partial charge in [-0.25, -0.2) is 8.42 Å². The predicted octanol–water partition coefficient (Wildman–Crippen LogP) is 3.43. The molecule has 0 aliphatic carbocycles. The smallest absolute Gasteiger partial charge is 0.255 e. The zero-order valence-corrected chi connectivity index (χ0v) is 16.8. The van der Waals surface area contributed by atoms with Crippen molar-refractivity contribution in [3.8, 4) is 0 Å². The molecule has 0 bridgehead atoms. The molecule has 27 heavy (non-hydrogen) atoms. The van der Waals surface area contributed by atoms with Crippen LogP contribution in [0.15, 0.2) is 47.4 Å². The summed E-state index contributed by atoms with van der Waals surface area (Å²) in [5.74, 6) is -0.366. The maximum Gasteiger partial charge on any atom is 0.255 e. The van der Waals surface area contributed by atoms with E-state index in [0.717, 1.165) is 24.8 Å². The summed E-state index contributed by atoms with van der Waals surface area (Å²) in [5, 5.41) is 2.80. The molecule has 6 nitrogen and oxygen atoms in total. The number of carbonyl (C=O) groups is 1. The minimum absolute atomic E-state index is 0. The maximum absolute atomic E-state index is 12.8. The lowest BCUT2D eigenvalue weighted by molar-refractivity contribution is 0.102. The number of benzene rings is 2. The van der Waals surface area contributed by atoms with Gasteiger partial charge in [0, 0.05) is 30.0 Å². The van der Waals surface area contributed by atoms with Gasteiger partial charge in [0.1, 0.15) is 0 Å². The number of nitrogens with two attached hydrogens (primary N) is 1. The van der Waals surface area contributed by atoms with Crippen LogP contribution in [-0.2, 0) is 10.0 Å². The van der Waals surface area contributed by atoms with Crippen molar-refractivity contribution < 1.29 is 13.2 Å². The highest BCUT2D eigenvalue weighted by Gasteiger charge is 2.26. The molecule has 1 amide bonds. The van der Waals surface area contributed by atoms with Crippen LogP contribution in [0, 0.1) is 6.92 Å². The van der Waals surface area contributed by atoms with E-state index in [9.17, 15) is 13.2 Å². The molecule has 1 saturated heterocycles. The SMILES string of the molecule is Cc1ccc(N)cc1NC(=O)c1cccc(S(=O)(=O)N2CCCCC2)c1.Cl. The van der Waals surface area contributed by atoms with E-state index in [4.69, 9.17) is 5.73 Å². The molecule has 1 aliphatic heterocycles. The minimum Gasteiger partial charge on any atom is -0.399 e. The molecule has 0 unspecified atom stereocenters. The molecule has 0 radical (unpaired) electrons. The lowest BCUT2D eigenvalue weighted by Crippen LogP contribution is -2.35. The number of rotatable bonds is 4. The third-order valence-corrected chi connectivity index (χ3v) is 6.45. The standard InChI is InChI=1S/C19H23N3O3S.ClH/c1-14-8-9-16(20)13-18(14)21-19(23)15-6-5-7-17(12-15)26(24,25)22-10-3-2-4-11-22;/h5-9,12-13H,2-4,10-11,20H2,1H3,(H,21,23);1H. The van der Waals surface area contributed by atoms with E-state index >= 15 is 0 Å². The van der Waals surface area contributed by atoms with E-state index in [0.29, 0.717) is 30.0 Å². The summed E-state index contributed by atoms with van der Waals surface area (Å²) >= 11 is 0. The summed E-state index contributed by atoms with van der Waals surface area (Å²) in [7, 11) is -3.57. The number of carbonyl (C=O) groups excluding carboxylic acids is 1. The van der Waals surface area contributed by atoms with Crippen molar-refractivity contribution >= 4 is 39.7 Å². The predicted molar refractivity (Wildman–Crippen MR) is 110 cm³/mol. The molecule has 2 aromatic carbocycles. The van der Waals surface area contributed by atoms with Gasteiger partial charge in [0.05, 0.1) is 4.90 Å². The Morgan fingerprint density at radius 2 is 1.78 bits per heavy atom. The average molecular weight is 410 g/mol. The van der Waals surface area contributed by atoms with Crippen molar-refractivity contribution in [2.75, 3.05) is 24.1 Å². The zero-order chi connectivity index (χ0) is 18.7. The van der Waals surface area contributed by atoms with Crippen LogP contribution in [0.1, 0.15) is 35.2 Å². The fourth-order valence-corrected chi connectivity index (χ4v) is 4.58. The van der Waals surface area contributed by atoms with Gasteiger partial charge in [-0.05, 0) is 55.7 Å². The quantitative estimate of drug-likeness (QED) is 0.756. The number of nitrogen functional groups attached to an aromatic ring is 1. The summed E-state index contributed by atoms with van der Waals surface area (Å²) in [5.41, 5.74) is 8.10. The van der Waals surface area contributed by atoms with E-state index in [1.807, 2.05) is 13.0 Å². The van der Waals surface area contributed by atoms with Crippen LogP contribution in [0.5, 0.6) is 0 Å². The number of nitrogens with zero attached hydrogens (tertiary/aromatic N) is 1. The molecule has 146 valence electrons. The molecule has 0 spiro atoms. The van der Waals surface area contributed by atoms with Crippen LogP contribution in [-0.4, -0.2) is 31.7 Å². The third kappa shape index (κ3) is 4.80. The van der Waals surface area contributed by atoms with Crippen LogP contribution < -0.4 is 11.1 Å². The van der Waals surface area contributed by atoms with Crippen LogP contribution in [0.25, 0.3) is 0 Å². The average Bonchev–Trinajstić information content (AvgIpc) is 2.65. The Labute approximate surface area is 166 Å². The van der Waals surface area contributed by atoms with E-state index in [1.54, 1.807) is 24.3 Å². The number of sulfonamides is 1. The normalized spacial score (nSPS) is 15.0. The van der Waals surface area contributed by atoms with E-state index in [2.05, 4.69) is 5.32 Å². The first-order chi connectivity index (χ1) is 12.4. The van der Waals surface area contributed by atoms with Crippen molar-refractivity contribution in [2.24, 2.45) is 0 Å². The van der Waals surface area contributed by atoms with Gasteiger partial charge >= 0.3 is 0 Å². The second-order valence-corrected chi connectivity index (χ2v) is 8.46. The molecule has 0 saturated carbocycles. The van der Waals surface area contributed by atoms with Crippen molar-refractivity contribution in [2.45, 2.75) is 31.1 Å². The molecule has 0 aromatic heterocycles. The van der Waals surface area contributed by atoms with E-state index in [-0.39, 0.29) is 23.2 Å². The number of piperidine rings is 1. The van der Waals surface area contributed by atoms with Crippen molar-refractivity contribution in [1.82, 2.24) is 4.31 Å². The molecule has 8 heteroatoms. The van der Waals surface area contributed by atoms with Gasteiger partial charge in [0.25, 0.3) is 5.91 Å². The van der Waals surface area contributed by atoms with Gasteiger partial charge in [-0.2, -0.15) is 4.31 Å². The van der Waals surface area contributed by atoms with Gasteiger partial charge in [0.15, 0.2) is 0 Å². The van der Waals surface area contributed by atoms with Gasteiger partial charge in [-0.1, -0.05) is 18.6 Å². The highest BCUT2D eigenvalue weighted by molar-refractivity contribution is 7.89. The Balaban J connectivity index is 0.00000261. The fourth-order valence-electron chi connectivity index (χ4n) is 3.02. The summed E-state index contributed by atoms with van der Waals surface area (Å²) in [6.45, 7) is 2.93. The van der Waals surface area contributed by atoms with Crippen LogP contribution >= 0.6 is 12.4 Å². The summed E-state index contributed by atoms with van der Waals surface area (Å²) in [6, 6.07) is 11.4. The highest BCUT2D eigenvalue weighted by atomic mass is 35.5. The number of aryl methyl sites for hydroxylation is 1. The zero-order valence-electron chi connectivity index (χ0n) is 15.1. The van der Waals surface area contributed by atoms with Gasteiger partial charge < -0.3 is 11.1 Å². The maximum atomic E-state index is 12.8. The van der Waals surface area contributed by atoms with E-state index < -0.39 is 10.0 Å². The van der Waals surface area contributed by atoms with Crippen molar-refractivity contribution in [3.63, 3.8) is 0 Å². The molecule has 1 fully saturated rings. The largest absolute Gasteiger partial charge is 0.399 e. The monoisotopic (exact) mass is 409 g/mol. The van der Waals surface area contributed by atoms with Crippen molar-refractivity contribution in [1.29, 1.82) is 0 Å². The first-order valence-electron chi connectivity index (χ1n) is 8.65. The number of nitrogens with one attached hydrogen (secondary N) is 1.